The van der Waals surface area contributed by atoms with Crippen molar-refractivity contribution in [3.8, 4) is 11.5 Å². The number of piperidine rings is 1. The van der Waals surface area contributed by atoms with Gasteiger partial charge in [0.25, 0.3) is 5.91 Å². The predicted molar refractivity (Wildman–Crippen MR) is 97.1 cm³/mol. The zero-order valence-electron chi connectivity index (χ0n) is 14.4. The Morgan fingerprint density at radius 3 is 2.72 bits per heavy atom. The monoisotopic (exact) mass is 371 g/mol. The second-order valence-corrected chi connectivity index (χ2v) is 5.70. The Bertz CT molecular complexity index is 571. The van der Waals surface area contributed by atoms with Crippen molar-refractivity contribution in [1.29, 1.82) is 0 Å². The summed E-state index contributed by atoms with van der Waals surface area (Å²) in [5.74, 6) is 0.770. The summed E-state index contributed by atoms with van der Waals surface area (Å²) in [6, 6.07) is 7.19. The zero-order valence-corrected chi connectivity index (χ0v) is 15.2. The second-order valence-electron chi connectivity index (χ2n) is 5.70. The maximum atomic E-state index is 12.4. The fourth-order valence-corrected chi connectivity index (χ4v) is 2.73. The molecule has 1 aliphatic heterocycles. The topological polar surface area (TPSA) is 93.9 Å². The smallest absolute Gasteiger partial charge is 0.260 e. The molecule has 1 unspecified atom stereocenters. The molecule has 1 aromatic carbocycles. The number of benzene rings is 1. The van der Waals surface area contributed by atoms with E-state index in [1.807, 2.05) is 12.1 Å². The molecule has 1 saturated heterocycles. The van der Waals surface area contributed by atoms with Crippen molar-refractivity contribution >= 4 is 24.2 Å². The largest absolute Gasteiger partial charge is 0.493 e. The molecule has 0 saturated carbocycles. The van der Waals surface area contributed by atoms with Gasteiger partial charge in [0, 0.05) is 26.2 Å². The molecule has 1 heterocycles. The SMILES string of the molecule is COc1ccccc1OCC(=O)N1CCCC(C(=O)NCCN)C1.Cl. The molecular weight excluding hydrogens is 346 g/mol. The number of rotatable bonds is 7. The molecule has 3 N–H and O–H groups in total. The first-order valence-corrected chi connectivity index (χ1v) is 8.17. The average Bonchev–Trinajstić information content (AvgIpc) is 2.64. The van der Waals surface area contributed by atoms with Gasteiger partial charge in [0.1, 0.15) is 0 Å². The van der Waals surface area contributed by atoms with Crippen molar-refractivity contribution in [3.63, 3.8) is 0 Å². The molecule has 0 spiro atoms. The molecule has 1 aliphatic rings. The van der Waals surface area contributed by atoms with Crippen LogP contribution in [0.1, 0.15) is 12.8 Å². The third-order valence-corrected chi connectivity index (χ3v) is 4.01. The van der Waals surface area contributed by atoms with E-state index in [2.05, 4.69) is 5.32 Å². The number of ether oxygens (including phenoxy) is 2. The van der Waals surface area contributed by atoms with Crippen LogP contribution in [-0.2, 0) is 9.59 Å². The van der Waals surface area contributed by atoms with Crippen LogP contribution in [0.2, 0.25) is 0 Å². The summed E-state index contributed by atoms with van der Waals surface area (Å²) >= 11 is 0. The zero-order chi connectivity index (χ0) is 17.4. The van der Waals surface area contributed by atoms with Crippen LogP contribution >= 0.6 is 12.4 Å². The number of nitrogens with two attached hydrogens (primary N) is 1. The summed E-state index contributed by atoms with van der Waals surface area (Å²) in [4.78, 5) is 26.1. The van der Waals surface area contributed by atoms with Crippen LogP contribution in [0.5, 0.6) is 11.5 Å². The highest BCUT2D eigenvalue weighted by molar-refractivity contribution is 5.85. The molecule has 2 amide bonds. The van der Waals surface area contributed by atoms with Crippen molar-refractivity contribution in [2.24, 2.45) is 11.7 Å². The molecule has 8 heteroatoms. The summed E-state index contributed by atoms with van der Waals surface area (Å²) in [6.45, 7) is 1.87. The highest BCUT2D eigenvalue weighted by Crippen LogP contribution is 2.26. The van der Waals surface area contributed by atoms with E-state index < -0.39 is 0 Å². The van der Waals surface area contributed by atoms with Crippen LogP contribution in [-0.4, -0.2) is 56.6 Å². The fourth-order valence-electron chi connectivity index (χ4n) is 2.73. The third kappa shape index (κ3) is 6.10. The molecular formula is C17H26ClN3O4. The van der Waals surface area contributed by atoms with Crippen molar-refractivity contribution < 1.29 is 19.1 Å². The van der Waals surface area contributed by atoms with Crippen molar-refractivity contribution in [1.82, 2.24) is 10.2 Å². The van der Waals surface area contributed by atoms with Gasteiger partial charge in [-0.15, -0.1) is 12.4 Å². The molecule has 1 aromatic rings. The predicted octanol–water partition coefficient (Wildman–Crippen LogP) is 0.809. The van der Waals surface area contributed by atoms with Gasteiger partial charge in [0.2, 0.25) is 5.91 Å². The van der Waals surface area contributed by atoms with Gasteiger partial charge < -0.3 is 25.4 Å². The fraction of sp³-hybridized carbons (Fsp3) is 0.529. The Morgan fingerprint density at radius 1 is 1.32 bits per heavy atom. The number of carbonyl (C=O) groups is 2. The molecule has 1 atom stereocenters. The second kappa shape index (κ2) is 10.8. The number of nitrogens with zero attached hydrogens (tertiary/aromatic N) is 1. The Labute approximate surface area is 154 Å². The van der Waals surface area contributed by atoms with Gasteiger partial charge in [-0.1, -0.05) is 12.1 Å². The van der Waals surface area contributed by atoms with Crippen LogP contribution in [0.4, 0.5) is 0 Å². The molecule has 0 radical (unpaired) electrons. The summed E-state index contributed by atoms with van der Waals surface area (Å²) in [7, 11) is 1.55. The van der Waals surface area contributed by atoms with Gasteiger partial charge in [-0.25, -0.2) is 0 Å². The summed E-state index contributed by atoms with van der Waals surface area (Å²) < 4.78 is 10.8. The molecule has 140 valence electrons. The summed E-state index contributed by atoms with van der Waals surface area (Å²) in [6.07, 6.45) is 1.59. The summed E-state index contributed by atoms with van der Waals surface area (Å²) in [5.41, 5.74) is 5.39. The Hall–Kier alpha value is -1.99. The minimum atomic E-state index is -0.180. The maximum absolute atomic E-state index is 12.4. The minimum absolute atomic E-state index is 0. The number of nitrogens with one attached hydrogen (secondary N) is 1. The number of hydrogen-bond donors (Lipinski definition) is 2. The van der Waals surface area contributed by atoms with Gasteiger partial charge in [-0.3, -0.25) is 9.59 Å². The lowest BCUT2D eigenvalue weighted by Crippen LogP contribution is -2.47. The molecule has 0 aromatic heterocycles. The van der Waals surface area contributed by atoms with Crippen molar-refractivity contribution in [3.05, 3.63) is 24.3 Å². The van der Waals surface area contributed by atoms with Crippen LogP contribution in [0.25, 0.3) is 0 Å². The standard InChI is InChI=1S/C17H25N3O4.ClH/c1-23-14-6-2-3-7-15(14)24-12-16(21)20-10-4-5-13(11-20)17(22)19-9-8-18;/h2-3,6-7,13H,4-5,8-12,18H2,1H3,(H,19,22);1H. The first-order chi connectivity index (χ1) is 11.7. The van der Waals surface area contributed by atoms with Crippen molar-refractivity contribution in [2.45, 2.75) is 12.8 Å². The lowest BCUT2D eigenvalue weighted by molar-refractivity contribution is -0.137. The van der Waals surface area contributed by atoms with Gasteiger partial charge in [-0.05, 0) is 25.0 Å². The molecule has 0 aliphatic carbocycles. The lowest BCUT2D eigenvalue weighted by Gasteiger charge is -2.32. The van der Waals surface area contributed by atoms with E-state index in [1.54, 1.807) is 24.1 Å². The Kier molecular flexibility index (Phi) is 9.08. The number of amides is 2. The molecule has 0 bridgehead atoms. The Balaban J connectivity index is 0.00000312. The van der Waals surface area contributed by atoms with E-state index in [1.165, 1.54) is 0 Å². The van der Waals surface area contributed by atoms with E-state index in [0.29, 0.717) is 37.7 Å². The number of para-hydroxylation sites is 2. The molecule has 1 fully saturated rings. The molecule has 2 rings (SSSR count). The average molecular weight is 372 g/mol. The highest BCUT2D eigenvalue weighted by Gasteiger charge is 2.28. The van der Waals surface area contributed by atoms with Crippen LogP contribution in [0.3, 0.4) is 0 Å². The Morgan fingerprint density at radius 2 is 2.04 bits per heavy atom. The van der Waals surface area contributed by atoms with E-state index in [-0.39, 0.29) is 36.7 Å². The van der Waals surface area contributed by atoms with E-state index in [9.17, 15) is 9.59 Å². The van der Waals surface area contributed by atoms with Crippen molar-refractivity contribution in [2.75, 3.05) is 39.9 Å². The van der Waals surface area contributed by atoms with Gasteiger partial charge in [-0.2, -0.15) is 0 Å². The third-order valence-electron chi connectivity index (χ3n) is 4.01. The molecule has 7 nitrogen and oxygen atoms in total. The minimum Gasteiger partial charge on any atom is -0.493 e. The number of hydrogen-bond acceptors (Lipinski definition) is 5. The maximum Gasteiger partial charge on any atom is 0.260 e. The number of likely N-dealkylation sites (tertiary alicyclic amines) is 1. The highest BCUT2D eigenvalue weighted by atomic mass is 35.5. The first-order valence-electron chi connectivity index (χ1n) is 8.17. The molecule has 25 heavy (non-hydrogen) atoms. The quantitative estimate of drug-likeness (QED) is 0.739. The van der Waals surface area contributed by atoms with Crippen LogP contribution in [0, 0.1) is 5.92 Å². The first kappa shape index (κ1) is 21.1. The van der Waals surface area contributed by atoms with E-state index in [4.69, 9.17) is 15.2 Å². The number of halogens is 1. The van der Waals surface area contributed by atoms with Gasteiger partial charge in [0.15, 0.2) is 18.1 Å². The van der Waals surface area contributed by atoms with E-state index in [0.717, 1.165) is 12.8 Å². The number of carbonyl (C=O) groups excluding carboxylic acids is 2. The normalized spacial score (nSPS) is 16.6. The number of methoxy groups -OCH3 is 1. The van der Waals surface area contributed by atoms with E-state index >= 15 is 0 Å². The summed E-state index contributed by atoms with van der Waals surface area (Å²) in [5, 5.41) is 2.78. The lowest BCUT2D eigenvalue weighted by atomic mass is 9.97. The van der Waals surface area contributed by atoms with Gasteiger partial charge in [0.05, 0.1) is 13.0 Å². The van der Waals surface area contributed by atoms with Crippen LogP contribution in [0.15, 0.2) is 24.3 Å². The van der Waals surface area contributed by atoms with Gasteiger partial charge >= 0.3 is 0 Å². The van der Waals surface area contributed by atoms with Crippen LogP contribution < -0.4 is 20.5 Å².